The van der Waals surface area contributed by atoms with Gasteiger partial charge in [-0.25, -0.2) is 0 Å². The van der Waals surface area contributed by atoms with Crippen LogP contribution >= 0.6 is 0 Å². The molecule has 0 aliphatic carbocycles. The molecule has 3 heteroatoms. The molecule has 2 aliphatic heterocycles. The van der Waals surface area contributed by atoms with Crippen molar-refractivity contribution in [1.29, 1.82) is 0 Å². The Kier molecular flexibility index (Phi) is 5.04. The monoisotopic (exact) mass is 252 g/mol. The summed E-state index contributed by atoms with van der Waals surface area (Å²) >= 11 is 0. The van der Waals surface area contributed by atoms with Crippen LogP contribution in [-0.4, -0.2) is 36.0 Å². The highest BCUT2D eigenvalue weighted by Crippen LogP contribution is 2.24. The summed E-state index contributed by atoms with van der Waals surface area (Å²) in [6.07, 6.45) is 8.27. The van der Waals surface area contributed by atoms with Crippen LogP contribution in [0.2, 0.25) is 0 Å². The van der Waals surface area contributed by atoms with Gasteiger partial charge in [-0.3, -0.25) is 4.79 Å². The van der Waals surface area contributed by atoms with Gasteiger partial charge in [-0.15, -0.1) is 0 Å². The SMILES string of the molecule is CCC1CCNC(C(=O)N2CCCCC2CC)C1. The van der Waals surface area contributed by atoms with Crippen LogP contribution in [0, 0.1) is 5.92 Å². The van der Waals surface area contributed by atoms with Gasteiger partial charge in [-0.05, 0) is 51.0 Å². The summed E-state index contributed by atoms with van der Waals surface area (Å²) in [6, 6.07) is 0.589. The fraction of sp³-hybridized carbons (Fsp3) is 0.933. The van der Waals surface area contributed by atoms with Crippen LogP contribution in [0.1, 0.15) is 58.8 Å². The van der Waals surface area contributed by atoms with Gasteiger partial charge >= 0.3 is 0 Å². The van der Waals surface area contributed by atoms with Gasteiger partial charge < -0.3 is 10.2 Å². The van der Waals surface area contributed by atoms with Crippen LogP contribution in [0.3, 0.4) is 0 Å². The Morgan fingerprint density at radius 2 is 2.06 bits per heavy atom. The lowest BCUT2D eigenvalue weighted by atomic mass is 9.89. The first kappa shape index (κ1) is 13.9. The Bertz CT molecular complexity index is 280. The second-order valence-electron chi connectivity index (χ2n) is 5.89. The third-order valence-electron chi connectivity index (χ3n) is 4.77. The zero-order chi connectivity index (χ0) is 13.0. The van der Waals surface area contributed by atoms with Gasteiger partial charge in [0.1, 0.15) is 0 Å². The van der Waals surface area contributed by atoms with E-state index in [1.165, 1.54) is 32.1 Å². The normalized spacial score (nSPS) is 33.4. The quantitative estimate of drug-likeness (QED) is 0.837. The summed E-state index contributed by atoms with van der Waals surface area (Å²) in [5.74, 6) is 1.12. The van der Waals surface area contributed by atoms with Crippen molar-refractivity contribution >= 4 is 5.91 Å². The molecule has 2 heterocycles. The van der Waals surface area contributed by atoms with Crippen LogP contribution in [0.5, 0.6) is 0 Å². The lowest BCUT2D eigenvalue weighted by molar-refractivity contribution is -0.138. The zero-order valence-electron chi connectivity index (χ0n) is 12.0. The van der Waals surface area contributed by atoms with Crippen molar-refractivity contribution in [1.82, 2.24) is 10.2 Å². The average molecular weight is 252 g/mol. The number of carbonyl (C=O) groups excluding carboxylic acids is 1. The molecule has 0 aromatic heterocycles. The number of likely N-dealkylation sites (tertiary alicyclic amines) is 1. The summed E-state index contributed by atoms with van der Waals surface area (Å²) in [7, 11) is 0. The number of amides is 1. The van der Waals surface area contributed by atoms with E-state index in [4.69, 9.17) is 0 Å². The standard InChI is InChI=1S/C15H28N2O/c1-3-12-8-9-16-14(11-12)15(18)17-10-6-5-7-13(17)4-2/h12-14,16H,3-11H2,1-2H3. The van der Waals surface area contributed by atoms with E-state index < -0.39 is 0 Å². The van der Waals surface area contributed by atoms with E-state index in [9.17, 15) is 4.79 Å². The molecule has 2 saturated heterocycles. The van der Waals surface area contributed by atoms with E-state index >= 15 is 0 Å². The highest BCUT2D eigenvalue weighted by atomic mass is 16.2. The second-order valence-corrected chi connectivity index (χ2v) is 5.89. The van der Waals surface area contributed by atoms with Crippen molar-refractivity contribution in [2.75, 3.05) is 13.1 Å². The minimum absolute atomic E-state index is 0.0934. The van der Waals surface area contributed by atoms with Gasteiger partial charge in [0, 0.05) is 12.6 Å². The van der Waals surface area contributed by atoms with E-state index in [0.717, 1.165) is 31.8 Å². The van der Waals surface area contributed by atoms with Gasteiger partial charge in [0.05, 0.1) is 6.04 Å². The number of rotatable bonds is 3. The topological polar surface area (TPSA) is 32.3 Å². The lowest BCUT2D eigenvalue weighted by Crippen LogP contribution is -2.54. The van der Waals surface area contributed by atoms with Gasteiger partial charge in [0.25, 0.3) is 0 Å². The van der Waals surface area contributed by atoms with Gasteiger partial charge in [-0.1, -0.05) is 20.3 Å². The molecule has 0 radical (unpaired) electrons. The molecule has 3 atom stereocenters. The van der Waals surface area contributed by atoms with E-state index in [1.807, 2.05) is 0 Å². The summed E-state index contributed by atoms with van der Waals surface area (Å²) < 4.78 is 0. The van der Waals surface area contributed by atoms with Crippen molar-refractivity contribution in [3.8, 4) is 0 Å². The van der Waals surface area contributed by atoms with E-state index in [0.29, 0.717) is 11.9 Å². The van der Waals surface area contributed by atoms with Gasteiger partial charge in [-0.2, -0.15) is 0 Å². The molecule has 0 saturated carbocycles. The Morgan fingerprint density at radius 3 is 2.78 bits per heavy atom. The molecule has 18 heavy (non-hydrogen) atoms. The van der Waals surface area contributed by atoms with Crippen LogP contribution in [-0.2, 0) is 4.79 Å². The van der Waals surface area contributed by atoms with Crippen molar-refractivity contribution in [2.24, 2.45) is 5.92 Å². The molecular formula is C15H28N2O. The number of hydrogen-bond donors (Lipinski definition) is 1. The molecule has 1 amide bonds. The molecule has 3 nitrogen and oxygen atoms in total. The van der Waals surface area contributed by atoms with E-state index in [1.54, 1.807) is 0 Å². The van der Waals surface area contributed by atoms with Gasteiger partial charge in [0.15, 0.2) is 0 Å². The first-order chi connectivity index (χ1) is 8.76. The average Bonchev–Trinajstić information content (AvgIpc) is 2.46. The summed E-state index contributed by atoms with van der Waals surface area (Å²) in [5, 5.41) is 3.43. The molecule has 2 aliphatic rings. The van der Waals surface area contributed by atoms with Gasteiger partial charge in [0.2, 0.25) is 5.91 Å². The van der Waals surface area contributed by atoms with Crippen LogP contribution in [0.25, 0.3) is 0 Å². The van der Waals surface area contributed by atoms with E-state index in [-0.39, 0.29) is 6.04 Å². The fourth-order valence-electron chi connectivity index (χ4n) is 3.47. The number of hydrogen-bond acceptors (Lipinski definition) is 2. The largest absolute Gasteiger partial charge is 0.338 e. The van der Waals surface area contributed by atoms with Crippen molar-refractivity contribution < 1.29 is 4.79 Å². The predicted molar refractivity (Wildman–Crippen MR) is 74.4 cm³/mol. The smallest absolute Gasteiger partial charge is 0.239 e. The maximum absolute atomic E-state index is 12.6. The molecule has 2 fully saturated rings. The second kappa shape index (κ2) is 6.55. The maximum atomic E-state index is 12.6. The maximum Gasteiger partial charge on any atom is 0.239 e. The number of nitrogens with zero attached hydrogens (tertiary/aromatic N) is 1. The minimum Gasteiger partial charge on any atom is -0.338 e. The van der Waals surface area contributed by atoms with Crippen molar-refractivity contribution in [2.45, 2.75) is 70.9 Å². The fourth-order valence-corrected chi connectivity index (χ4v) is 3.47. The molecule has 0 aromatic rings. The molecule has 104 valence electrons. The molecule has 0 spiro atoms. The Labute approximate surface area is 111 Å². The molecular weight excluding hydrogens is 224 g/mol. The lowest BCUT2D eigenvalue weighted by Gasteiger charge is -2.39. The van der Waals surface area contributed by atoms with Crippen LogP contribution in [0.4, 0.5) is 0 Å². The molecule has 0 bridgehead atoms. The first-order valence-corrected chi connectivity index (χ1v) is 7.80. The van der Waals surface area contributed by atoms with E-state index in [2.05, 4.69) is 24.1 Å². The highest BCUT2D eigenvalue weighted by molar-refractivity contribution is 5.82. The number of carbonyl (C=O) groups is 1. The molecule has 0 aromatic carbocycles. The van der Waals surface area contributed by atoms with Crippen molar-refractivity contribution in [3.05, 3.63) is 0 Å². The summed E-state index contributed by atoms with van der Waals surface area (Å²) in [5.41, 5.74) is 0. The first-order valence-electron chi connectivity index (χ1n) is 7.80. The summed E-state index contributed by atoms with van der Waals surface area (Å²) in [6.45, 7) is 6.44. The van der Waals surface area contributed by atoms with Crippen LogP contribution in [0.15, 0.2) is 0 Å². The molecule has 2 rings (SSSR count). The minimum atomic E-state index is 0.0934. The number of nitrogens with one attached hydrogen (secondary N) is 1. The Balaban J connectivity index is 1.96. The Hall–Kier alpha value is -0.570. The van der Waals surface area contributed by atoms with Crippen LogP contribution < -0.4 is 5.32 Å². The molecule has 1 N–H and O–H groups in total. The highest BCUT2D eigenvalue weighted by Gasteiger charge is 2.33. The number of piperidine rings is 2. The third kappa shape index (κ3) is 3.05. The molecule has 3 unspecified atom stereocenters. The third-order valence-corrected chi connectivity index (χ3v) is 4.77. The summed E-state index contributed by atoms with van der Waals surface area (Å²) in [4.78, 5) is 14.8. The Morgan fingerprint density at radius 1 is 1.22 bits per heavy atom. The zero-order valence-corrected chi connectivity index (χ0v) is 12.0. The predicted octanol–water partition coefficient (Wildman–Crippen LogP) is 2.56. The van der Waals surface area contributed by atoms with Crippen molar-refractivity contribution in [3.63, 3.8) is 0 Å².